The molecule has 0 spiro atoms. The molecule has 1 N–H and O–H groups in total. The van der Waals surface area contributed by atoms with E-state index in [1.54, 1.807) is 0 Å². The van der Waals surface area contributed by atoms with Crippen LogP contribution in [-0.4, -0.2) is 84.4 Å². The lowest BCUT2D eigenvalue weighted by molar-refractivity contribution is -0.0841. The van der Waals surface area contributed by atoms with E-state index in [2.05, 4.69) is 24.1 Å². The van der Waals surface area contributed by atoms with Gasteiger partial charge < -0.3 is 10.1 Å². The molecule has 4 nitrogen and oxygen atoms in total. The average Bonchev–Trinajstić information content (AvgIpc) is 3.21. The van der Waals surface area contributed by atoms with Crippen LogP contribution in [0.1, 0.15) is 66.7 Å². The van der Waals surface area contributed by atoms with Crippen LogP contribution in [0.4, 0.5) is 13.2 Å². The van der Waals surface area contributed by atoms with Gasteiger partial charge in [-0.05, 0) is 79.2 Å². The molecule has 3 atom stereocenters. The molecule has 0 amide bonds. The standard InChI is InChI=1S/C23H42F3N3O/c1-21(2,3)30-16-23(26)7-10-29(11-8-23)19-12-17(19)13-22(4,5)27-18-6-9-28(14-18)15-20(24)25/h17-20,27H,6-16H2,1-5H3/t17?,18-,19?/m1/s1. The Hall–Kier alpha value is -0.370. The van der Waals surface area contributed by atoms with Gasteiger partial charge in [-0.3, -0.25) is 9.80 Å². The molecule has 176 valence electrons. The smallest absolute Gasteiger partial charge is 0.251 e. The summed E-state index contributed by atoms with van der Waals surface area (Å²) in [6.45, 7) is 13.5. The van der Waals surface area contributed by atoms with Crippen LogP contribution in [0, 0.1) is 5.92 Å². The third-order valence-electron chi connectivity index (χ3n) is 6.85. The Labute approximate surface area is 180 Å². The van der Waals surface area contributed by atoms with Gasteiger partial charge in [0, 0.05) is 37.3 Å². The summed E-state index contributed by atoms with van der Waals surface area (Å²) in [6, 6.07) is 0.860. The second-order valence-electron chi connectivity index (χ2n) is 11.5. The van der Waals surface area contributed by atoms with Gasteiger partial charge in [0.15, 0.2) is 0 Å². The number of hydrogen-bond donors (Lipinski definition) is 1. The quantitative estimate of drug-likeness (QED) is 0.593. The predicted octanol–water partition coefficient (Wildman–Crippen LogP) is 4.09. The van der Waals surface area contributed by atoms with E-state index >= 15 is 4.39 Å². The first-order valence-corrected chi connectivity index (χ1v) is 11.7. The summed E-state index contributed by atoms with van der Waals surface area (Å²) in [4.78, 5) is 4.33. The van der Waals surface area contributed by atoms with E-state index < -0.39 is 12.1 Å². The third-order valence-corrected chi connectivity index (χ3v) is 6.85. The van der Waals surface area contributed by atoms with E-state index in [9.17, 15) is 8.78 Å². The maximum absolute atomic E-state index is 15.1. The number of rotatable bonds is 9. The zero-order valence-corrected chi connectivity index (χ0v) is 19.5. The number of hydrogen-bond acceptors (Lipinski definition) is 4. The maximum Gasteiger partial charge on any atom is 0.251 e. The number of nitrogens with one attached hydrogen (secondary N) is 1. The molecule has 2 saturated heterocycles. The number of ether oxygens (including phenoxy) is 1. The molecule has 0 aromatic heterocycles. The summed E-state index contributed by atoms with van der Waals surface area (Å²) in [5.41, 5.74) is -1.50. The van der Waals surface area contributed by atoms with E-state index in [0.29, 0.717) is 37.4 Å². The second kappa shape index (κ2) is 9.24. The van der Waals surface area contributed by atoms with Crippen LogP contribution in [0.15, 0.2) is 0 Å². The van der Waals surface area contributed by atoms with E-state index in [1.807, 2.05) is 25.7 Å². The first-order chi connectivity index (χ1) is 13.8. The first kappa shape index (κ1) is 24.3. The third kappa shape index (κ3) is 7.35. The lowest BCUT2D eigenvalue weighted by atomic mass is 9.92. The van der Waals surface area contributed by atoms with E-state index in [0.717, 1.165) is 32.5 Å². The molecule has 2 aliphatic heterocycles. The molecule has 0 bridgehead atoms. The van der Waals surface area contributed by atoms with Crippen molar-refractivity contribution in [1.29, 1.82) is 0 Å². The van der Waals surface area contributed by atoms with Crippen molar-refractivity contribution < 1.29 is 17.9 Å². The second-order valence-corrected chi connectivity index (χ2v) is 11.5. The topological polar surface area (TPSA) is 27.7 Å². The molecule has 30 heavy (non-hydrogen) atoms. The SMILES string of the molecule is CC(C)(CC1CC1N1CCC(F)(COC(C)(C)C)CC1)N[C@@H]1CCN(CC(F)F)C1. The van der Waals surface area contributed by atoms with Crippen LogP contribution in [0.3, 0.4) is 0 Å². The van der Waals surface area contributed by atoms with Crippen LogP contribution in [0.25, 0.3) is 0 Å². The summed E-state index contributed by atoms with van der Waals surface area (Å²) in [6.07, 6.45) is 2.05. The summed E-state index contributed by atoms with van der Waals surface area (Å²) >= 11 is 0. The van der Waals surface area contributed by atoms with Crippen LogP contribution >= 0.6 is 0 Å². The van der Waals surface area contributed by atoms with Crippen LogP contribution in [0.2, 0.25) is 0 Å². The van der Waals surface area contributed by atoms with E-state index in [-0.39, 0.29) is 24.3 Å². The van der Waals surface area contributed by atoms with Gasteiger partial charge >= 0.3 is 0 Å². The molecular weight excluding hydrogens is 391 g/mol. The lowest BCUT2D eigenvalue weighted by Gasteiger charge is -2.38. The molecule has 2 heterocycles. The maximum atomic E-state index is 15.1. The fraction of sp³-hybridized carbons (Fsp3) is 1.00. The van der Waals surface area contributed by atoms with Crippen LogP contribution < -0.4 is 5.32 Å². The average molecular weight is 434 g/mol. The number of halogens is 3. The summed E-state index contributed by atoms with van der Waals surface area (Å²) in [7, 11) is 0. The molecule has 0 aromatic carbocycles. The molecule has 0 radical (unpaired) electrons. The Bertz CT molecular complexity index is 558. The molecule has 3 aliphatic rings. The fourth-order valence-corrected chi connectivity index (χ4v) is 5.22. The van der Waals surface area contributed by atoms with Crippen molar-refractivity contribution in [2.24, 2.45) is 5.92 Å². The molecule has 1 aliphatic carbocycles. The largest absolute Gasteiger partial charge is 0.373 e. The normalized spacial score (nSPS) is 30.9. The van der Waals surface area contributed by atoms with Gasteiger partial charge in [0.2, 0.25) is 0 Å². The van der Waals surface area contributed by atoms with Gasteiger partial charge in [0.05, 0.1) is 18.8 Å². The zero-order valence-electron chi connectivity index (χ0n) is 19.5. The van der Waals surface area contributed by atoms with Gasteiger partial charge in [-0.15, -0.1) is 0 Å². The van der Waals surface area contributed by atoms with Crippen LogP contribution in [-0.2, 0) is 4.74 Å². The number of alkyl halides is 3. The van der Waals surface area contributed by atoms with Crippen molar-refractivity contribution in [1.82, 2.24) is 15.1 Å². The lowest BCUT2D eigenvalue weighted by Crippen LogP contribution is -2.49. The monoisotopic (exact) mass is 433 g/mol. The molecule has 1 saturated carbocycles. The highest BCUT2D eigenvalue weighted by Gasteiger charge is 2.47. The minimum atomic E-state index is -2.25. The molecule has 3 rings (SSSR count). The van der Waals surface area contributed by atoms with Gasteiger partial charge in [-0.25, -0.2) is 13.2 Å². The van der Waals surface area contributed by atoms with Gasteiger partial charge in [-0.1, -0.05) is 0 Å². The summed E-state index contributed by atoms with van der Waals surface area (Å²) in [5, 5.41) is 3.72. The first-order valence-electron chi connectivity index (χ1n) is 11.7. The Kier molecular flexibility index (Phi) is 7.48. The molecule has 0 aromatic rings. The molecule has 7 heteroatoms. The Morgan fingerprint density at radius 3 is 2.37 bits per heavy atom. The van der Waals surface area contributed by atoms with Crippen molar-refractivity contribution in [3.05, 3.63) is 0 Å². The minimum Gasteiger partial charge on any atom is -0.373 e. The van der Waals surface area contributed by atoms with E-state index in [4.69, 9.17) is 4.74 Å². The van der Waals surface area contributed by atoms with Gasteiger partial charge in [0.1, 0.15) is 5.67 Å². The fourth-order valence-electron chi connectivity index (χ4n) is 5.22. The number of nitrogens with zero attached hydrogens (tertiary/aromatic N) is 2. The van der Waals surface area contributed by atoms with Crippen molar-refractivity contribution in [3.63, 3.8) is 0 Å². The minimum absolute atomic E-state index is 0.00882. The van der Waals surface area contributed by atoms with Crippen molar-refractivity contribution in [3.8, 4) is 0 Å². The van der Waals surface area contributed by atoms with Crippen molar-refractivity contribution in [2.75, 3.05) is 39.3 Å². The van der Waals surface area contributed by atoms with Crippen molar-refractivity contribution >= 4 is 0 Å². The Balaban J connectivity index is 1.38. The molecule has 3 fully saturated rings. The summed E-state index contributed by atoms with van der Waals surface area (Å²) in [5.74, 6) is 0.643. The highest BCUT2D eigenvalue weighted by Crippen LogP contribution is 2.44. The molecule has 2 unspecified atom stereocenters. The van der Waals surface area contributed by atoms with Crippen molar-refractivity contribution in [2.45, 2.75) is 102 Å². The van der Waals surface area contributed by atoms with Crippen LogP contribution in [0.5, 0.6) is 0 Å². The Morgan fingerprint density at radius 2 is 1.77 bits per heavy atom. The molecular formula is C23H42F3N3O. The number of piperidine rings is 1. The number of likely N-dealkylation sites (tertiary alicyclic amines) is 2. The van der Waals surface area contributed by atoms with Gasteiger partial charge in [0.25, 0.3) is 6.43 Å². The zero-order chi connectivity index (χ0) is 22.2. The predicted molar refractivity (Wildman–Crippen MR) is 115 cm³/mol. The van der Waals surface area contributed by atoms with E-state index in [1.165, 1.54) is 6.42 Å². The summed E-state index contributed by atoms with van der Waals surface area (Å²) < 4.78 is 46.0. The highest BCUT2D eigenvalue weighted by atomic mass is 19.3. The Morgan fingerprint density at radius 1 is 1.10 bits per heavy atom. The highest BCUT2D eigenvalue weighted by molar-refractivity contribution is 5.02. The van der Waals surface area contributed by atoms with Gasteiger partial charge in [-0.2, -0.15) is 0 Å².